The molecule has 23 heavy (non-hydrogen) atoms. The number of carbonyl (C=O) groups excluding carboxylic acids is 1. The summed E-state index contributed by atoms with van der Waals surface area (Å²) in [6, 6.07) is 3.24. The number of rotatable bonds is 6. The number of aryl methyl sites for hydroxylation is 2. The van der Waals surface area contributed by atoms with E-state index in [4.69, 9.17) is 25.6 Å². The average molecular weight is 339 g/mol. The molecule has 0 spiro atoms. The van der Waals surface area contributed by atoms with Crippen LogP contribution in [0.1, 0.15) is 23.4 Å². The highest BCUT2D eigenvalue weighted by Crippen LogP contribution is 2.35. The molecule has 1 aromatic carbocycles. The van der Waals surface area contributed by atoms with Gasteiger partial charge in [0.15, 0.2) is 0 Å². The van der Waals surface area contributed by atoms with Gasteiger partial charge in [-0.3, -0.25) is 4.79 Å². The molecular formula is C16H19ClN2O4. The van der Waals surface area contributed by atoms with Gasteiger partial charge in [0.2, 0.25) is 5.91 Å². The molecule has 1 aromatic heterocycles. The number of methoxy groups -OCH3 is 2. The van der Waals surface area contributed by atoms with Gasteiger partial charge in [-0.05, 0) is 26.3 Å². The number of carbonyl (C=O) groups is 1. The third kappa shape index (κ3) is 3.96. The van der Waals surface area contributed by atoms with Crippen LogP contribution in [0, 0.1) is 13.8 Å². The summed E-state index contributed by atoms with van der Waals surface area (Å²) in [5.74, 6) is 1.55. The van der Waals surface area contributed by atoms with Crippen molar-refractivity contribution in [2.24, 2.45) is 0 Å². The summed E-state index contributed by atoms with van der Waals surface area (Å²) in [5.41, 5.74) is 2.27. The molecule has 1 heterocycles. The Kier molecular flexibility index (Phi) is 5.50. The Morgan fingerprint density at radius 2 is 1.96 bits per heavy atom. The lowest BCUT2D eigenvalue weighted by Crippen LogP contribution is -2.13. The number of hydrogen-bond acceptors (Lipinski definition) is 5. The Morgan fingerprint density at radius 1 is 1.26 bits per heavy atom. The standard InChI is InChI=1S/C16H19ClN2O4/c1-9-11(10(2)23-19-9)5-6-16(20)18-13-7-12(17)14(21-3)8-15(13)22-4/h7-8H,5-6H2,1-4H3,(H,18,20). The lowest BCUT2D eigenvalue weighted by Gasteiger charge is -2.13. The van der Waals surface area contributed by atoms with Gasteiger partial charge in [-0.2, -0.15) is 0 Å². The lowest BCUT2D eigenvalue weighted by atomic mass is 10.1. The fraction of sp³-hybridized carbons (Fsp3) is 0.375. The third-order valence-electron chi connectivity index (χ3n) is 3.53. The highest BCUT2D eigenvalue weighted by Gasteiger charge is 2.14. The van der Waals surface area contributed by atoms with Gasteiger partial charge in [0, 0.05) is 18.1 Å². The number of nitrogens with one attached hydrogen (secondary N) is 1. The summed E-state index contributed by atoms with van der Waals surface area (Å²) in [6.45, 7) is 3.69. The van der Waals surface area contributed by atoms with Crippen molar-refractivity contribution in [1.82, 2.24) is 5.16 Å². The highest BCUT2D eigenvalue weighted by molar-refractivity contribution is 6.32. The molecule has 7 heteroatoms. The Hall–Kier alpha value is -2.21. The predicted octanol–water partition coefficient (Wildman–Crippen LogP) is 3.53. The molecule has 1 N–H and O–H groups in total. The number of aromatic nitrogens is 1. The largest absolute Gasteiger partial charge is 0.495 e. The van der Waals surface area contributed by atoms with Crippen molar-refractivity contribution in [3.8, 4) is 11.5 Å². The minimum absolute atomic E-state index is 0.149. The van der Waals surface area contributed by atoms with Gasteiger partial charge in [-0.25, -0.2) is 0 Å². The predicted molar refractivity (Wildman–Crippen MR) is 87.5 cm³/mol. The maximum absolute atomic E-state index is 12.2. The second-order valence-corrected chi connectivity index (χ2v) is 5.45. The van der Waals surface area contributed by atoms with Gasteiger partial charge in [-0.15, -0.1) is 0 Å². The van der Waals surface area contributed by atoms with E-state index in [2.05, 4.69) is 10.5 Å². The fourth-order valence-electron chi connectivity index (χ4n) is 2.27. The van der Waals surface area contributed by atoms with Crippen molar-refractivity contribution in [1.29, 1.82) is 0 Å². The molecule has 2 aromatic rings. The van der Waals surface area contributed by atoms with E-state index in [0.29, 0.717) is 35.1 Å². The van der Waals surface area contributed by atoms with Crippen LogP contribution in [-0.4, -0.2) is 25.3 Å². The monoisotopic (exact) mass is 338 g/mol. The normalized spacial score (nSPS) is 10.5. The van der Waals surface area contributed by atoms with Crippen molar-refractivity contribution in [3.63, 3.8) is 0 Å². The van der Waals surface area contributed by atoms with E-state index in [1.165, 1.54) is 14.2 Å². The van der Waals surface area contributed by atoms with Crippen LogP contribution in [0.4, 0.5) is 5.69 Å². The van der Waals surface area contributed by atoms with Crippen molar-refractivity contribution >= 4 is 23.2 Å². The number of hydrogen-bond donors (Lipinski definition) is 1. The Bertz CT molecular complexity index is 693. The number of halogens is 1. The minimum atomic E-state index is -0.149. The van der Waals surface area contributed by atoms with E-state index >= 15 is 0 Å². The number of anilines is 1. The zero-order valence-corrected chi connectivity index (χ0v) is 14.3. The molecule has 124 valence electrons. The van der Waals surface area contributed by atoms with Gasteiger partial charge in [-0.1, -0.05) is 16.8 Å². The van der Waals surface area contributed by atoms with Crippen LogP contribution >= 0.6 is 11.6 Å². The topological polar surface area (TPSA) is 73.6 Å². The van der Waals surface area contributed by atoms with E-state index in [0.717, 1.165) is 17.0 Å². The molecule has 6 nitrogen and oxygen atoms in total. The van der Waals surface area contributed by atoms with Crippen molar-refractivity contribution < 1.29 is 18.8 Å². The first kappa shape index (κ1) is 17.1. The van der Waals surface area contributed by atoms with E-state index in [-0.39, 0.29) is 5.91 Å². The van der Waals surface area contributed by atoms with Crippen molar-refractivity contribution in [3.05, 3.63) is 34.2 Å². The lowest BCUT2D eigenvalue weighted by molar-refractivity contribution is -0.116. The first-order chi connectivity index (χ1) is 11.0. The van der Waals surface area contributed by atoms with Gasteiger partial charge >= 0.3 is 0 Å². The molecule has 2 rings (SSSR count). The zero-order valence-electron chi connectivity index (χ0n) is 13.5. The van der Waals surface area contributed by atoms with E-state index in [9.17, 15) is 4.79 Å². The second-order valence-electron chi connectivity index (χ2n) is 5.04. The van der Waals surface area contributed by atoms with Crippen LogP contribution in [-0.2, 0) is 11.2 Å². The summed E-state index contributed by atoms with van der Waals surface area (Å²) in [7, 11) is 3.03. The number of ether oxygens (including phenoxy) is 2. The maximum Gasteiger partial charge on any atom is 0.224 e. The Balaban J connectivity index is 2.07. The molecule has 0 aliphatic carbocycles. The summed E-state index contributed by atoms with van der Waals surface area (Å²) in [6.07, 6.45) is 0.856. The van der Waals surface area contributed by atoms with E-state index in [1.807, 2.05) is 13.8 Å². The third-order valence-corrected chi connectivity index (χ3v) is 3.83. The second kappa shape index (κ2) is 7.37. The highest BCUT2D eigenvalue weighted by atomic mass is 35.5. The Morgan fingerprint density at radius 3 is 2.52 bits per heavy atom. The first-order valence-corrected chi connectivity index (χ1v) is 7.47. The minimum Gasteiger partial charge on any atom is -0.495 e. The quantitative estimate of drug-likeness (QED) is 0.872. The molecule has 0 bridgehead atoms. The molecule has 0 saturated heterocycles. The summed E-state index contributed by atoms with van der Waals surface area (Å²) in [4.78, 5) is 12.2. The van der Waals surface area contributed by atoms with Crippen molar-refractivity contribution in [2.75, 3.05) is 19.5 Å². The zero-order chi connectivity index (χ0) is 17.0. The van der Waals surface area contributed by atoms with Gasteiger partial charge in [0.05, 0.1) is 30.6 Å². The fourth-order valence-corrected chi connectivity index (χ4v) is 2.51. The first-order valence-electron chi connectivity index (χ1n) is 7.09. The molecule has 0 aliphatic heterocycles. The van der Waals surface area contributed by atoms with Crippen LogP contribution in [0.5, 0.6) is 11.5 Å². The molecule has 0 atom stereocenters. The molecule has 0 radical (unpaired) electrons. The Labute approximate surface area is 139 Å². The number of benzene rings is 1. The van der Waals surface area contributed by atoms with Gasteiger partial charge in [0.25, 0.3) is 0 Å². The van der Waals surface area contributed by atoms with Crippen LogP contribution in [0.15, 0.2) is 16.7 Å². The molecule has 0 fully saturated rings. The van der Waals surface area contributed by atoms with Crippen LogP contribution in [0.25, 0.3) is 0 Å². The smallest absolute Gasteiger partial charge is 0.224 e. The number of amides is 1. The summed E-state index contributed by atoms with van der Waals surface area (Å²) >= 11 is 6.09. The van der Waals surface area contributed by atoms with Crippen molar-refractivity contribution in [2.45, 2.75) is 26.7 Å². The molecule has 0 aliphatic rings. The average Bonchev–Trinajstić information content (AvgIpc) is 2.84. The molecular weight excluding hydrogens is 320 g/mol. The molecule has 1 amide bonds. The number of nitrogens with zero attached hydrogens (tertiary/aromatic N) is 1. The maximum atomic E-state index is 12.2. The van der Waals surface area contributed by atoms with Crippen LogP contribution in [0.3, 0.4) is 0 Å². The summed E-state index contributed by atoms with van der Waals surface area (Å²) < 4.78 is 15.5. The molecule has 0 saturated carbocycles. The molecule has 0 unspecified atom stereocenters. The summed E-state index contributed by atoms with van der Waals surface area (Å²) in [5, 5.41) is 7.08. The SMILES string of the molecule is COc1cc(OC)c(NC(=O)CCc2c(C)noc2C)cc1Cl. The van der Waals surface area contributed by atoms with E-state index < -0.39 is 0 Å². The van der Waals surface area contributed by atoms with E-state index in [1.54, 1.807) is 12.1 Å². The van der Waals surface area contributed by atoms with Gasteiger partial charge in [0.1, 0.15) is 17.3 Å². The van der Waals surface area contributed by atoms with Gasteiger partial charge < -0.3 is 19.3 Å². The van der Waals surface area contributed by atoms with Crippen LogP contribution in [0.2, 0.25) is 5.02 Å². The van der Waals surface area contributed by atoms with Crippen LogP contribution < -0.4 is 14.8 Å².